The number of ether oxygens (including phenoxy) is 1. The fourth-order valence-electron chi connectivity index (χ4n) is 1.39. The van der Waals surface area contributed by atoms with Gasteiger partial charge in [-0.1, -0.05) is 27.2 Å². The van der Waals surface area contributed by atoms with Crippen molar-refractivity contribution in [3.05, 3.63) is 0 Å². The van der Waals surface area contributed by atoms with E-state index in [1.165, 1.54) is 0 Å². The highest BCUT2D eigenvalue weighted by atomic mass is 16.5. The summed E-state index contributed by atoms with van der Waals surface area (Å²) in [5, 5.41) is 6.36. The summed E-state index contributed by atoms with van der Waals surface area (Å²) < 4.78 is 5.48. The first-order chi connectivity index (χ1) is 9.30. The first kappa shape index (κ1) is 15.5. The number of nitrogens with one attached hydrogen (secondary N) is 2. The molecule has 108 valence electrons. The van der Waals surface area contributed by atoms with Gasteiger partial charge in [-0.25, -0.2) is 0 Å². The zero-order chi connectivity index (χ0) is 13.9. The van der Waals surface area contributed by atoms with Crippen LogP contribution in [0.25, 0.3) is 0 Å². The van der Waals surface area contributed by atoms with E-state index in [1.807, 2.05) is 0 Å². The van der Waals surface area contributed by atoms with Crippen LogP contribution in [-0.4, -0.2) is 34.6 Å². The van der Waals surface area contributed by atoms with Crippen LogP contribution in [0, 0.1) is 0 Å². The van der Waals surface area contributed by atoms with E-state index in [-0.39, 0.29) is 0 Å². The molecule has 6 heteroatoms. The highest BCUT2D eigenvalue weighted by Crippen LogP contribution is 2.11. The average Bonchev–Trinajstić information content (AvgIpc) is 2.43. The first-order valence-corrected chi connectivity index (χ1v) is 7.16. The van der Waals surface area contributed by atoms with Crippen LogP contribution in [0.3, 0.4) is 0 Å². The third-order valence-electron chi connectivity index (χ3n) is 2.40. The lowest BCUT2D eigenvalue weighted by Gasteiger charge is -2.09. The Balaban J connectivity index is 2.70. The molecule has 0 aromatic carbocycles. The molecule has 0 radical (unpaired) electrons. The Bertz CT molecular complexity index is 333. The third-order valence-corrected chi connectivity index (χ3v) is 2.40. The molecular formula is C13H25N5O. The summed E-state index contributed by atoms with van der Waals surface area (Å²) in [5.41, 5.74) is 0. The van der Waals surface area contributed by atoms with Crippen molar-refractivity contribution in [2.75, 3.05) is 30.3 Å². The van der Waals surface area contributed by atoms with Crippen molar-refractivity contribution in [3.63, 3.8) is 0 Å². The van der Waals surface area contributed by atoms with Crippen LogP contribution in [0.5, 0.6) is 6.01 Å². The minimum absolute atomic E-state index is 0.384. The second-order valence-electron chi connectivity index (χ2n) is 4.32. The van der Waals surface area contributed by atoms with Crippen molar-refractivity contribution < 1.29 is 4.74 Å². The van der Waals surface area contributed by atoms with Gasteiger partial charge in [-0.3, -0.25) is 0 Å². The molecular weight excluding hydrogens is 242 g/mol. The number of anilines is 2. The molecule has 0 atom stereocenters. The van der Waals surface area contributed by atoms with Gasteiger partial charge in [0.05, 0.1) is 6.61 Å². The molecule has 0 unspecified atom stereocenters. The lowest BCUT2D eigenvalue weighted by Crippen LogP contribution is -2.12. The van der Waals surface area contributed by atoms with Crippen LogP contribution in [0.1, 0.15) is 46.5 Å². The van der Waals surface area contributed by atoms with Gasteiger partial charge in [0.1, 0.15) is 0 Å². The normalized spacial score (nSPS) is 10.3. The van der Waals surface area contributed by atoms with E-state index in [1.54, 1.807) is 0 Å². The fourth-order valence-corrected chi connectivity index (χ4v) is 1.39. The van der Waals surface area contributed by atoms with Crippen molar-refractivity contribution in [1.82, 2.24) is 15.0 Å². The standard InChI is InChI=1S/C13H25N5O/c1-4-7-9-15-12-16-11(14-8-5-2)17-13(18-12)19-10-6-3/h4-10H2,1-3H3,(H2,14,15,16,17,18). The minimum atomic E-state index is 0.384. The quantitative estimate of drug-likeness (QED) is 0.635. The molecule has 0 amide bonds. The van der Waals surface area contributed by atoms with E-state index >= 15 is 0 Å². The number of nitrogens with zero attached hydrogens (tertiary/aromatic N) is 3. The van der Waals surface area contributed by atoms with E-state index < -0.39 is 0 Å². The molecule has 0 aliphatic rings. The molecule has 1 aromatic heterocycles. The summed E-state index contributed by atoms with van der Waals surface area (Å²) in [6, 6.07) is 0.384. The van der Waals surface area contributed by atoms with Crippen molar-refractivity contribution in [1.29, 1.82) is 0 Å². The zero-order valence-corrected chi connectivity index (χ0v) is 12.2. The van der Waals surface area contributed by atoms with Gasteiger partial charge in [0.15, 0.2) is 0 Å². The average molecular weight is 267 g/mol. The number of rotatable bonds is 10. The maximum absolute atomic E-state index is 5.48. The third kappa shape index (κ3) is 6.22. The molecule has 2 N–H and O–H groups in total. The molecule has 0 fully saturated rings. The van der Waals surface area contributed by atoms with Gasteiger partial charge < -0.3 is 15.4 Å². The minimum Gasteiger partial charge on any atom is -0.463 e. The Kier molecular flexibility index (Phi) is 7.62. The Hall–Kier alpha value is -1.59. The molecule has 19 heavy (non-hydrogen) atoms. The summed E-state index contributed by atoms with van der Waals surface area (Å²) >= 11 is 0. The smallest absolute Gasteiger partial charge is 0.323 e. The van der Waals surface area contributed by atoms with Gasteiger partial charge in [-0.15, -0.1) is 0 Å². The van der Waals surface area contributed by atoms with Gasteiger partial charge in [0.2, 0.25) is 11.9 Å². The second kappa shape index (κ2) is 9.35. The second-order valence-corrected chi connectivity index (χ2v) is 4.32. The van der Waals surface area contributed by atoms with Crippen molar-refractivity contribution in [3.8, 4) is 6.01 Å². The summed E-state index contributed by atoms with van der Waals surface area (Å²) in [7, 11) is 0. The van der Waals surface area contributed by atoms with E-state index in [2.05, 4.69) is 46.4 Å². The van der Waals surface area contributed by atoms with Gasteiger partial charge in [0.25, 0.3) is 0 Å². The maximum Gasteiger partial charge on any atom is 0.323 e. The number of unbranched alkanes of at least 4 members (excludes halogenated alkanes) is 1. The van der Waals surface area contributed by atoms with E-state index in [0.717, 1.165) is 38.8 Å². The van der Waals surface area contributed by atoms with E-state index in [0.29, 0.717) is 24.5 Å². The summed E-state index contributed by atoms with van der Waals surface area (Å²) in [6.45, 7) is 8.62. The molecule has 1 rings (SSSR count). The summed E-state index contributed by atoms with van der Waals surface area (Å²) in [6.07, 6.45) is 4.18. The van der Waals surface area contributed by atoms with Crippen molar-refractivity contribution >= 4 is 11.9 Å². The van der Waals surface area contributed by atoms with E-state index in [4.69, 9.17) is 4.74 Å². The molecule has 6 nitrogen and oxygen atoms in total. The largest absolute Gasteiger partial charge is 0.463 e. The Morgan fingerprint density at radius 3 is 2.11 bits per heavy atom. The molecule has 1 aromatic rings. The predicted molar refractivity (Wildman–Crippen MR) is 77.8 cm³/mol. The lowest BCUT2D eigenvalue weighted by atomic mass is 10.3. The van der Waals surface area contributed by atoms with Crippen molar-refractivity contribution in [2.45, 2.75) is 46.5 Å². The molecule has 0 bridgehead atoms. The van der Waals surface area contributed by atoms with Crippen LogP contribution in [-0.2, 0) is 0 Å². The Morgan fingerprint density at radius 2 is 1.53 bits per heavy atom. The van der Waals surface area contributed by atoms with Gasteiger partial charge in [-0.2, -0.15) is 15.0 Å². The number of hydrogen-bond donors (Lipinski definition) is 2. The molecule has 0 saturated carbocycles. The number of hydrogen-bond acceptors (Lipinski definition) is 6. The highest BCUT2D eigenvalue weighted by Gasteiger charge is 2.06. The van der Waals surface area contributed by atoms with Crippen LogP contribution in [0.4, 0.5) is 11.9 Å². The summed E-state index contributed by atoms with van der Waals surface area (Å²) in [5.74, 6) is 1.15. The predicted octanol–water partition coefficient (Wildman–Crippen LogP) is 2.69. The van der Waals surface area contributed by atoms with Crippen LogP contribution >= 0.6 is 0 Å². The summed E-state index contributed by atoms with van der Waals surface area (Å²) in [4.78, 5) is 12.8. The van der Waals surface area contributed by atoms with Gasteiger partial charge in [-0.05, 0) is 19.3 Å². The molecule has 0 spiro atoms. The monoisotopic (exact) mass is 267 g/mol. The van der Waals surface area contributed by atoms with Crippen molar-refractivity contribution in [2.24, 2.45) is 0 Å². The van der Waals surface area contributed by atoms with Gasteiger partial charge >= 0.3 is 6.01 Å². The number of aromatic nitrogens is 3. The highest BCUT2D eigenvalue weighted by molar-refractivity contribution is 5.35. The first-order valence-electron chi connectivity index (χ1n) is 7.16. The lowest BCUT2D eigenvalue weighted by molar-refractivity contribution is 0.292. The maximum atomic E-state index is 5.48. The Morgan fingerprint density at radius 1 is 0.842 bits per heavy atom. The molecule has 0 aliphatic heterocycles. The zero-order valence-electron chi connectivity index (χ0n) is 12.2. The SMILES string of the molecule is CCCCNc1nc(NCCC)nc(OCCC)n1. The van der Waals surface area contributed by atoms with E-state index in [9.17, 15) is 0 Å². The Labute approximate surface area is 115 Å². The van der Waals surface area contributed by atoms with Crippen LogP contribution in [0.15, 0.2) is 0 Å². The fraction of sp³-hybridized carbons (Fsp3) is 0.769. The molecule has 0 saturated heterocycles. The van der Waals surface area contributed by atoms with Crippen LogP contribution in [0.2, 0.25) is 0 Å². The topological polar surface area (TPSA) is 72.0 Å². The molecule has 1 heterocycles. The molecule has 0 aliphatic carbocycles. The van der Waals surface area contributed by atoms with Crippen LogP contribution < -0.4 is 15.4 Å². The van der Waals surface area contributed by atoms with Gasteiger partial charge in [0, 0.05) is 13.1 Å².